The third kappa shape index (κ3) is 3.74. The van der Waals surface area contributed by atoms with Crippen molar-refractivity contribution in [3.63, 3.8) is 0 Å². The Balaban J connectivity index is 2.11. The molecule has 0 spiro atoms. The van der Waals surface area contributed by atoms with Crippen molar-refractivity contribution < 1.29 is 22.7 Å². The molecule has 2 N–H and O–H groups in total. The number of nitrogens with two attached hydrogens (primary N) is 1. The summed E-state index contributed by atoms with van der Waals surface area (Å²) in [6.45, 7) is 0. The van der Waals surface area contributed by atoms with Crippen LogP contribution >= 0.6 is 0 Å². The second kappa shape index (κ2) is 7.43. The summed E-state index contributed by atoms with van der Waals surface area (Å²) in [5.74, 6) is -0.380. The van der Waals surface area contributed by atoms with Crippen molar-refractivity contribution in [1.29, 1.82) is 0 Å². The number of pyridine rings is 2. The molecule has 2 heterocycles. The fourth-order valence-corrected chi connectivity index (χ4v) is 2.93. The third-order valence-electron chi connectivity index (χ3n) is 4.29. The zero-order valence-corrected chi connectivity index (χ0v) is 14.7. The van der Waals surface area contributed by atoms with Gasteiger partial charge in [-0.1, -0.05) is 18.2 Å². The van der Waals surface area contributed by atoms with Gasteiger partial charge in [0.1, 0.15) is 11.9 Å². The Hall–Kier alpha value is -3.20. The standard InChI is InChI=1S/C19H16F3N3O3/c1-28-18(27)15(23)9-11-3-2-4-14-13(11)5-7-24-17(14)25-8-6-12(10-16(25)26)19(20,21)22/h2-8,10,15H,9,23H2,1H3/t15-/m0/s1. The van der Waals surface area contributed by atoms with Gasteiger partial charge in [-0.15, -0.1) is 0 Å². The molecule has 0 aliphatic rings. The molecule has 0 fully saturated rings. The Bertz CT molecular complexity index is 1090. The lowest BCUT2D eigenvalue weighted by Crippen LogP contribution is -2.33. The number of fused-ring (bicyclic) bond motifs is 1. The Morgan fingerprint density at radius 3 is 2.64 bits per heavy atom. The van der Waals surface area contributed by atoms with Crippen LogP contribution in [0.3, 0.4) is 0 Å². The van der Waals surface area contributed by atoms with Crippen LogP contribution in [-0.4, -0.2) is 28.7 Å². The van der Waals surface area contributed by atoms with E-state index in [0.29, 0.717) is 16.8 Å². The summed E-state index contributed by atoms with van der Waals surface area (Å²) in [7, 11) is 1.24. The minimum atomic E-state index is -4.61. The average molecular weight is 391 g/mol. The van der Waals surface area contributed by atoms with Gasteiger partial charge in [0.15, 0.2) is 0 Å². The first-order valence-corrected chi connectivity index (χ1v) is 8.22. The highest BCUT2D eigenvalue weighted by atomic mass is 19.4. The molecule has 1 aromatic carbocycles. The lowest BCUT2D eigenvalue weighted by Gasteiger charge is -2.14. The van der Waals surface area contributed by atoms with Gasteiger partial charge in [0.25, 0.3) is 5.56 Å². The summed E-state index contributed by atoms with van der Waals surface area (Å²) in [6, 6.07) is 7.31. The molecule has 146 valence electrons. The van der Waals surface area contributed by atoms with Crippen LogP contribution in [0.5, 0.6) is 0 Å². The molecular weight excluding hydrogens is 375 g/mol. The average Bonchev–Trinajstić information content (AvgIpc) is 2.66. The number of esters is 1. The van der Waals surface area contributed by atoms with Crippen molar-refractivity contribution in [1.82, 2.24) is 9.55 Å². The number of benzene rings is 1. The molecule has 0 saturated carbocycles. The topological polar surface area (TPSA) is 87.2 Å². The maximum Gasteiger partial charge on any atom is 0.416 e. The first kappa shape index (κ1) is 19.6. The Morgan fingerprint density at radius 1 is 1.25 bits per heavy atom. The van der Waals surface area contributed by atoms with E-state index < -0.39 is 29.3 Å². The van der Waals surface area contributed by atoms with Gasteiger partial charge in [0.2, 0.25) is 0 Å². The normalized spacial score (nSPS) is 12.8. The molecule has 28 heavy (non-hydrogen) atoms. The number of alkyl halides is 3. The molecule has 3 rings (SSSR count). The van der Waals surface area contributed by atoms with E-state index in [0.717, 1.165) is 22.4 Å². The zero-order valence-electron chi connectivity index (χ0n) is 14.7. The highest BCUT2D eigenvalue weighted by molar-refractivity contribution is 5.91. The highest BCUT2D eigenvalue weighted by Gasteiger charge is 2.31. The molecular formula is C19H16F3N3O3. The smallest absolute Gasteiger partial charge is 0.416 e. The van der Waals surface area contributed by atoms with Crippen molar-refractivity contribution in [3.05, 3.63) is 70.3 Å². The number of aromatic nitrogens is 2. The monoisotopic (exact) mass is 391 g/mol. The van der Waals surface area contributed by atoms with Crippen LogP contribution < -0.4 is 11.3 Å². The van der Waals surface area contributed by atoms with Gasteiger partial charge >= 0.3 is 12.1 Å². The molecule has 2 aromatic heterocycles. The lowest BCUT2D eigenvalue weighted by molar-refractivity contribution is -0.142. The van der Waals surface area contributed by atoms with E-state index in [1.165, 1.54) is 13.3 Å². The molecule has 1 atom stereocenters. The summed E-state index contributed by atoms with van der Waals surface area (Å²) in [5, 5.41) is 1.22. The van der Waals surface area contributed by atoms with E-state index in [-0.39, 0.29) is 12.2 Å². The number of methoxy groups -OCH3 is 1. The van der Waals surface area contributed by atoms with Crippen molar-refractivity contribution in [3.8, 4) is 5.82 Å². The largest absolute Gasteiger partial charge is 0.468 e. The minimum Gasteiger partial charge on any atom is -0.468 e. The highest BCUT2D eigenvalue weighted by Crippen LogP contribution is 2.28. The van der Waals surface area contributed by atoms with E-state index in [9.17, 15) is 22.8 Å². The van der Waals surface area contributed by atoms with Crippen molar-refractivity contribution in [2.24, 2.45) is 5.73 Å². The van der Waals surface area contributed by atoms with Crippen LogP contribution in [0.15, 0.2) is 53.6 Å². The van der Waals surface area contributed by atoms with E-state index in [2.05, 4.69) is 9.72 Å². The molecule has 0 aliphatic heterocycles. The molecule has 0 saturated heterocycles. The molecule has 3 aromatic rings. The lowest BCUT2D eigenvalue weighted by atomic mass is 10.00. The quantitative estimate of drug-likeness (QED) is 0.691. The fraction of sp³-hybridized carbons (Fsp3) is 0.211. The van der Waals surface area contributed by atoms with Crippen LogP contribution in [0.2, 0.25) is 0 Å². The first-order chi connectivity index (χ1) is 13.2. The van der Waals surface area contributed by atoms with Gasteiger partial charge in [-0.2, -0.15) is 13.2 Å². The second-order valence-electron chi connectivity index (χ2n) is 6.10. The molecule has 0 unspecified atom stereocenters. The first-order valence-electron chi connectivity index (χ1n) is 8.22. The van der Waals surface area contributed by atoms with Gasteiger partial charge in [0, 0.05) is 23.8 Å². The molecule has 0 bridgehead atoms. The summed E-state index contributed by atoms with van der Waals surface area (Å²) in [5.41, 5.74) is 4.67. The van der Waals surface area contributed by atoms with Crippen molar-refractivity contribution in [2.45, 2.75) is 18.6 Å². The fourth-order valence-electron chi connectivity index (χ4n) is 2.93. The van der Waals surface area contributed by atoms with E-state index in [4.69, 9.17) is 5.73 Å². The molecule has 0 amide bonds. The summed E-state index contributed by atoms with van der Waals surface area (Å²) in [6.07, 6.45) is -1.94. The number of nitrogens with zero attached hydrogens (tertiary/aromatic N) is 2. The van der Waals surface area contributed by atoms with Crippen molar-refractivity contribution >= 4 is 16.7 Å². The number of ether oxygens (including phenoxy) is 1. The number of hydrogen-bond acceptors (Lipinski definition) is 5. The molecule has 6 nitrogen and oxygen atoms in total. The van der Waals surface area contributed by atoms with Crippen molar-refractivity contribution in [2.75, 3.05) is 7.11 Å². The number of hydrogen-bond donors (Lipinski definition) is 1. The van der Waals surface area contributed by atoms with Gasteiger partial charge in [-0.05, 0) is 29.5 Å². The number of halogens is 3. The maximum absolute atomic E-state index is 12.8. The zero-order chi connectivity index (χ0) is 20.5. The number of carbonyl (C=O) groups excluding carboxylic acids is 1. The molecule has 0 aliphatic carbocycles. The SMILES string of the molecule is COC(=O)[C@@H](N)Cc1cccc2c(-n3ccc(C(F)(F)F)cc3=O)nccc12. The van der Waals surface area contributed by atoms with Gasteiger partial charge < -0.3 is 10.5 Å². The Kier molecular flexibility index (Phi) is 5.19. The van der Waals surface area contributed by atoms with Crippen LogP contribution in [0.1, 0.15) is 11.1 Å². The Labute approximate surface area is 157 Å². The third-order valence-corrected chi connectivity index (χ3v) is 4.29. The molecule has 9 heteroatoms. The minimum absolute atomic E-state index is 0.185. The van der Waals surface area contributed by atoms with Gasteiger partial charge in [-0.3, -0.25) is 14.2 Å². The predicted octanol–water partition coefficient (Wildman–Crippen LogP) is 2.45. The van der Waals surface area contributed by atoms with Crippen LogP contribution in [0.25, 0.3) is 16.6 Å². The summed E-state index contributed by atoms with van der Waals surface area (Å²) < 4.78 is 44.1. The second-order valence-corrected chi connectivity index (χ2v) is 6.10. The summed E-state index contributed by atoms with van der Waals surface area (Å²) >= 11 is 0. The Morgan fingerprint density at radius 2 is 2.00 bits per heavy atom. The van der Waals surface area contributed by atoms with Crippen LogP contribution in [0, 0.1) is 0 Å². The van der Waals surface area contributed by atoms with E-state index in [1.807, 2.05) is 0 Å². The molecule has 0 radical (unpaired) electrons. The van der Waals surface area contributed by atoms with Gasteiger partial charge in [0.05, 0.1) is 12.7 Å². The predicted molar refractivity (Wildman–Crippen MR) is 96.0 cm³/mol. The van der Waals surface area contributed by atoms with E-state index in [1.54, 1.807) is 24.3 Å². The van der Waals surface area contributed by atoms with Crippen LogP contribution in [0.4, 0.5) is 13.2 Å². The van der Waals surface area contributed by atoms with E-state index >= 15 is 0 Å². The summed E-state index contributed by atoms with van der Waals surface area (Å²) in [4.78, 5) is 28.0. The maximum atomic E-state index is 12.8. The van der Waals surface area contributed by atoms with Gasteiger partial charge in [-0.25, -0.2) is 4.98 Å². The number of rotatable bonds is 4. The number of carbonyl (C=O) groups is 1. The van der Waals surface area contributed by atoms with Crippen LogP contribution in [-0.2, 0) is 22.1 Å².